The Morgan fingerprint density at radius 1 is 1.24 bits per heavy atom. The third kappa shape index (κ3) is 6.41. The highest BCUT2D eigenvalue weighted by molar-refractivity contribution is 7.91. The topological polar surface area (TPSA) is 46.2 Å². The van der Waals surface area contributed by atoms with Crippen LogP contribution >= 0.6 is 0 Å². The van der Waals surface area contributed by atoms with E-state index in [0.29, 0.717) is 23.5 Å². The van der Waals surface area contributed by atoms with E-state index in [1.807, 2.05) is 7.05 Å². The Kier molecular flexibility index (Phi) is 6.49. The molecule has 17 heavy (non-hydrogen) atoms. The second kappa shape index (κ2) is 7.37. The molecule has 3 nitrogen and oxygen atoms in total. The molecular weight excluding hydrogens is 234 g/mol. The molecule has 0 spiro atoms. The summed E-state index contributed by atoms with van der Waals surface area (Å²) >= 11 is 0. The summed E-state index contributed by atoms with van der Waals surface area (Å²) in [5.74, 6) is 1.28. The second-order valence-electron chi connectivity index (χ2n) is 5.45. The van der Waals surface area contributed by atoms with Gasteiger partial charge in [-0.3, -0.25) is 0 Å². The van der Waals surface area contributed by atoms with Gasteiger partial charge < -0.3 is 5.32 Å². The van der Waals surface area contributed by atoms with Crippen LogP contribution in [-0.2, 0) is 9.84 Å². The molecule has 1 rings (SSSR count). The third-order valence-corrected chi connectivity index (χ3v) is 5.69. The minimum absolute atomic E-state index is 0.389. The first-order valence-corrected chi connectivity index (χ1v) is 8.73. The van der Waals surface area contributed by atoms with Crippen molar-refractivity contribution in [3.8, 4) is 0 Å². The van der Waals surface area contributed by atoms with Gasteiger partial charge in [0.1, 0.15) is 0 Å². The molecular formula is C13H27NO2S. The van der Waals surface area contributed by atoms with Crippen molar-refractivity contribution in [3.05, 3.63) is 0 Å². The zero-order valence-corrected chi connectivity index (χ0v) is 12.1. The lowest BCUT2D eigenvalue weighted by Gasteiger charge is -2.11. The summed E-state index contributed by atoms with van der Waals surface area (Å²) in [7, 11) is -0.844. The molecule has 1 fully saturated rings. The summed E-state index contributed by atoms with van der Waals surface area (Å²) in [6.07, 6.45) is 7.58. The first kappa shape index (κ1) is 15.0. The molecule has 4 heteroatoms. The van der Waals surface area contributed by atoms with E-state index in [2.05, 4.69) is 12.2 Å². The Hall–Kier alpha value is -0.0900. The van der Waals surface area contributed by atoms with Crippen LogP contribution in [0.5, 0.6) is 0 Å². The molecule has 1 aliphatic carbocycles. The third-order valence-electron chi connectivity index (χ3n) is 3.80. The second-order valence-corrected chi connectivity index (χ2v) is 7.68. The first-order valence-electron chi connectivity index (χ1n) is 6.91. The maximum Gasteiger partial charge on any atom is 0.150 e. The quantitative estimate of drug-likeness (QED) is 0.682. The summed E-state index contributed by atoms with van der Waals surface area (Å²) in [4.78, 5) is 0. The Bertz CT molecular complexity index is 295. The molecule has 0 aliphatic heterocycles. The Morgan fingerprint density at radius 2 is 1.88 bits per heavy atom. The molecule has 0 aromatic carbocycles. The lowest BCUT2D eigenvalue weighted by atomic mass is 10.1. The van der Waals surface area contributed by atoms with E-state index in [4.69, 9.17) is 0 Å². The van der Waals surface area contributed by atoms with Crippen molar-refractivity contribution in [2.24, 2.45) is 5.92 Å². The largest absolute Gasteiger partial charge is 0.317 e. The molecule has 1 aliphatic rings. The van der Waals surface area contributed by atoms with Crippen molar-refractivity contribution in [2.75, 3.05) is 18.6 Å². The molecule has 1 atom stereocenters. The number of sulfone groups is 1. The number of unbranched alkanes of at least 4 members (excludes halogenated alkanes) is 1. The van der Waals surface area contributed by atoms with E-state index >= 15 is 0 Å². The van der Waals surface area contributed by atoms with Crippen molar-refractivity contribution >= 4 is 9.84 Å². The fraction of sp³-hybridized carbons (Fsp3) is 1.00. The number of rotatable bonds is 8. The average molecular weight is 261 g/mol. The van der Waals surface area contributed by atoms with Gasteiger partial charge in [-0.2, -0.15) is 0 Å². The standard InChI is InChI=1S/C13H27NO2S/c1-12(14-2)7-5-6-10-17(15,16)11-13-8-3-4-9-13/h12-14H,3-11H2,1-2H3. The van der Waals surface area contributed by atoms with Crippen LogP contribution in [0.3, 0.4) is 0 Å². The van der Waals surface area contributed by atoms with Crippen molar-refractivity contribution in [2.45, 2.75) is 57.9 Å². The van der Waals surface area contributed by atoms with Crippen LogP contribution in [-0.4, -0.2) is 33.0 Å². The number of hydrogen-bond donors (Lipinski definition) is 1. The predicted molar refractivity (Wildman–Crippen MR) is 73.0 cm³/mol. The Labute approximate surface area is 106 Å². The average Bonchev–Trinajstić information content (AvgIpc) is 2.76. The minimum atomic E-state index is -2.79. The predicted octanol–water partition coefficient (Wildman–Crippen LogP) is 2.37. The van der Waals surface area contributed by atoms with E-state index in [1.54, 1.807) is 0 Å². The van der Waals surface area contributed by atoms with Crippen molar-refractivity contribution in [3.63, 3.8) is 0 Å². The van der Waals surface area contributed by atoms with E-state index < -0.39 is 9.84 Å². The van der Waals surface area contributed by atoms with Gasteiger partial charge in [-0.15, -0.1) is 0 Å². The first-order chi connectivity index (χ1) is 8.03. The normalized spacial score (nSPS) is 19.6. The maximum absolute atomic E-state index is 11.9. The lowest BCUT2D eigenvalue weighted by molar-refractivity contribution is 0.529. The maximum atomic E-state index is 11.9. The molecule has 102 valence electrons. The monoisotopic (exact) mass is 261 g/mol. The van der Waals surface area contributed by atoms with Crippen LogP contribution in [0.1, 0.15) is 51.9 Å². The minimum Gasteiger partial charge on any atom is -0.317 e. The van der Waals surface area contributed by atoms with Crippen LogP contribution in [0.15, 0.2) is 0 Å². The highest BCUT2D eigenvalue weighted by Gasteiger charge is 2.22. The van der Waals surface area contributed by atoms with Gasteiger partial charge in [0.25, 0.3) is 0 Å². The van der Waals surface area contributed by atoms with E-state index in [0.717, 1.165) is 32.1 Å². The summed E-state index contributed by atoms with van der Waals surface area (Å²) in [6, 6.07) is 0.493. The summed E-state index contributed by atoms with van der Waals surface area (Å²) in [5.41, 5.74) is 0. The van der Waals surface area contributed by atoms with E-state index in [1.165, 1.54) is 12.8 Å². The highest BCUT2D eigenvalue weighted by atomic mass is 32.2. The fourth-order valence-electron chi connectivity index (χ4n) is 2.54. The molecule has 0 aromatic heterocycles. The Morgan fingerprint density at radius 3 is 2.47 bits per heavy atom. The smallest absolute Gasteiger partial charge is 0.150 e. The van der Waals surface area contributed by atoms with E-state index in [9.17, 15) is 8.42 Å². The molecule has 1 saturated carbocycles. The van der Waals surface area contributed by atoms with Crippen LogP contribution in [0.4, 0.5) is 0 Å². The fourth-order valence-corrected chi connectivity index (χ4v) is 4.40. The van der Waals surface area contributed by atoms with Gasteiger partial charge in [-0.05, 0) is 45.6 Å². The molecule has 0 radical (unpaired) electrons. The van der Waals surface area contributed by atoms with Gasteiger partial charge in [0.15, 0.2) is 9.84 Å². The zero-order chi connectivity index (χ0) is 12.7. The van der Waals surface area contributed by atoms with Crippen molar-refractivity contribution in [1.29, 1.82) is 0 Å². The molecule has 1 N–H and O–H groups in total. The van der Waals surface area contributed by atoms with Crippen LogP contribution in [0, 0.1) is 5.92 Å². The molecule has 0 amide bonds. The number of nitrogens with one attached hydrogen (secondary N) is 1. The summed E-state index contributed by atoms with van der Waals surface area (Å²) < 4.78 is 23.8. The SMILES string of the molecule is CNC(C)CCCCS(=O)(=O)CC1CCCC1. The highest BCUT2D eigenvalue weighted by Crippen LogP contribution is 2.26. The summed E-state index contributed by atoms with van der Waals surface area (Å²) in [6.45, 7) is 2.13. The van der Waals surface area contributed by atoms with Gasteiger partial charge in [0, 0.05) is 6.04 Å². The van der Waals surface area contributed by atoms with Crippen LogP contribution < -0.4 is 5.32 Å². The summed E-state index contributed by atoms with van der Waals surface area (Å²) in [5, 5.41) is 3.17. The van der Waals surface area contributed by atoms with Crippen LogP contribution in [0.25, 0.3) is 0 Å². The van der Waals surface area contributed by atoms with Gasteiger partial charge in [-0.1, -0.05) is 19.3 Å². The molecule has 0 heterocycles. The molecule has 0 bridgehead atoms. The number of hydrogen-bond acceptors (Lipinski definition) is 3. The lowest BCUT2D eigenvalue weighted by Crippen LogP contribution is -2.21. The van der Waals surface area contributed by atoms with Gasteiger partial charge in [0.2, 0.25) is 0 Å². The molecule has 0 saturated heterocycles. The van der Waals surface area contributed by atoms with Gasteiger partial charge >= 0.3 is 0 Å². The zero-order valence-electron chi connectivity index (χ0n) is 11.2. The van der Waals surface area contributed by atoms with Gasteiger partial charge in [-0.25, -0.2) is 8.42 Å². The van der Waals surface area contributed by atoms with Crippen molar-refractivity contribution < 1.29 is 8.42 Å². The molecule has 1 unspecified atom stereocenters. The van der Waals surface area contributed by atoms with E-state index in [-0.39, 0.29) is 0 Å². The van der Waals surface area contributed by atoms with Crippen LogP contribution in [0.2, 0.25) is 0 Å². The van der Waals surface area contributed by atoms with Gasteiger partial charge in [0.05, 0.1) is 11.5 Å². The van der Waals surface area contributed by atoms with Crippen molar-refractivity contribution in [1.82, 2.24) is 5.32 Å². The molecule has 0 aromatic rings. The Balaban J connectivity index is 2.15.